The van der Waals surface area contributed by atoms with Crippen LogP contribution in [-0.2, 0) is 9.53 Å². The monoisotopic (exact) mass is 507 g/mol. The Labute approximate surface area is 218 Å². The normalized spacial score (nSPS) is 19.6. The van der Waals surface area contributed by atoms with Crippen molar-refractivity contribution in [3.63, 3.8) is 0 Å². The van der Waals surface area contributed by atoms with Gasteiger partial charge in [0, 0.05) is 10.9 Å². The summed E-state index contributed by atoms with van der Waals surface area (Å²) < 4.78 is 17.8. The van der Waals surface area contributed by atoms with Gasteiger partial charge in [0.25, 0.3) is 5.91 Å². The highest BCUT2D eigenvalue weighted by Gasteiger charge is 2.35. The van der Waals surface area contributed by atoms with E-state index in [2.05, 4.69) is 37.4 Å². The second-order valence-corrected chi connectivity index (χ2v) is 9.96. The van der Waals surface area contributed by atoms with Crippen LogP contribution in [-0.4, -0.2) is 32.3 Å². The number of carbonyl (C=O) groups is 1. The van der Waals surface area contributed by atoms with E-state index in [-0.39, 0.29) is 18.6 Å². The number of halogens is 1. The lowest BCUT2D eigenvalue weighted by atomic mass is 9.76. The molecule has 1 amide bonds. The van der Waals surface area contributed by atoms with Crippen LogP contribution in [0.3, 0.4) is 0 Å². The number of para-hydroxylation sites is 1. The van der Waals surface area contributed by atoms with Crippen molar-refractivity contribution >= 4 is 17.5 Å². The molecule has 4 rings (SSSR count). The SMILES string of the molecule is CC(C)[C@@H]1C[C@H](c2ccc(Cl)cc2)CO[C@H]1c1cccc(OCC(=O)NCCOc2ccccc2)c1. The first kappa shape index (κ1) is 26.1. The van der Waals surface area contributed by atoms with Crippen molar-refractivity contribution in [1.82, 2.24) is 5.32 Å². The average molecular weight is 508 g/mol. The summed E-state index contributed by atoms with van der Waals surface area (Å²) in [6, 6.07) is 25.5. The largest absolute Gasteiger partial charge is 0.492 e. The molecule has 0 unspecified atom stereocenters. The van der Waals surface area contributed by atoms with Gasteiger partial charge in [-0.05, 0) is 65.8 Å². The third-order valence-corrected chi connectivity index (χ3v) is 6.86. The minimum atomic E-state index is -0.183. The molecule has 0 saturated carbocycles. The van der Waals surface area contributed by atoms with E-state index >= 15 is 0 Å². The van der Waals surface area contributed by atoms with E-state index in [9.17, 15) is 4.79 Å². The molecule has 6 heteroatoms. The summed E-state index contributed by atoms with van der Waals surface area (Å²) in [7, 11) is 0. The van der Waals surface area contributed by atoms with Crippen LogP contribution in [0.1, 0.15) is 43.4 Å². The molecule has 0 aromatic heterocycles. The van der Waals surface area contributed by atoms with Crippen LogP contribution < -0.4 is 14.8 Å². The molecule has 0 radical (unpaired) electrons. The van der Waals surface area contributed by atoms with Crippen LogP contribution in [0, 0.1) is 11.8 Å². The van der Waals surface area contributed by atoms with Gasteiger partial charge in [0.2, 0.25) is 0 Å². The van der Waals surface area contributed by atoms with Crippen molar-refractivity contribution < 1.29 is 19.0 Å². The van der Waals surface area contributed by atoms with Gasteiger partial charge in [-0.1, -0.05) is 67.9 Å². The molecule has 0 spiro atoms. The van der Waals surface area contributed by atoms with Gasteiger partial charge in [-0.3, -0.25) is 4.79 Å². The zero-order valence-electron chi connectivity index (χ0n) is 20.9. The molecule has 1 N–H and O–H groups in total. The lowest BCUT2D eigenvalue weighted by molar-refractivity contribution is -0.123. The summed E-state index contributed by atoms with van der Waals surface area (Å²) in [6.45, 7) is 5.92. The molecular formula is C30H34ClNO4. The van der Waals surface area contributed by atoms with Gasteiger partial charge in [0.05, 0.1) is 19.3 Å². The Morgan fingerprint density at radius 2 is 1.72 bits per heavy atom. The minimum Gasteiger partial charge on any atom is -0.492 e. The van der Waals surface area contributed by atoms with Crippen molar-refractivity contribution in [2.45, 2.75) is 32.3 Å². The highest BCUT2D eigenvalue weighted by Crippen LogP contribution is 2.44. The average Bonchev–Trinajstić information content (AvgIpc) is 2.91. The smallest absolute Gasteiger partial charge is 0.258 e. The Morgan fingerprint density at radius 3 is 2.47 bits per heavy atom. The highest BCUT2D eigenvalue weighted by atomic mass is 35.5. The number of hydrogen-bond donors (Lipinski definition) is 1. The van der Waals surface area contributed by atoms with E-state index in [1.807, 2.05) is 60.7 Å². The Morgan fingerprint density at radius 1 is 0.972 bits per heavy atom. The predicted molar refractivity (Wildman–Crippen MR) is 143 cm³/mol. The molecule has 1 heterocycles. The number of carbonyl (C=O) groups excluding carboxylic acids is 1. The fourth-order valence-electron chi connectivity index (χ4n) is 4.65. The predicted octanol–water partition coefficient (Wildman–Crippen LogP) is 6.43. The van der Waals surface area contributed by atoms with Gasteiger partial charge in [-0.15, -0.1) is 0 Å². The fourth-order valence-corrected chi connectivity index (χ4v) is 4.78. The van der Waals surface area contributed by atoms with E-state index in [1.54, 1.807) is 0 Å². The van der Waals surface area contributed by atoms with Crippen LogP contribution in [0.25, 0.3) is 0 Å². The summed E-state index contributed by atoms with van der Waals surface area (Å²) in [5, 5.41) is 3.57. The standard InChI is InChI=1S/C30H34ClNO4/c1-21(2)28-18-24(22-11-13-25(31)14-12-22)19-36-30(28)23-7-6-10-27(17-23)35-20-29(33)32-15-16-34-26-8-4-3-5-9-26/h3-14,17,21,24,28,30H,15-16,18-20H2,1-2H3,(H,32,33)/t24-,28-,30-/m0/s1. The van der Waals surface area contributed by atoms with Crippen LogP contribution in [0.15, 0.2) is 78.9 Å². The zero-order chi connectivity index (χ0) is 25.3. The van der Waals surface area contributed by atoms with Crippen LogP contribution in [0.4, 0.5) is 0 Å². The van der Waals surface area contributed by atoms with E-state index in [1.165, 1.54) is 5.56 Å². The van der Waals surface area contributed by atoms with Gasteiger partial charge >= 0.3 is 0 Å². The second kappa shape index (κ2) is 12.8. The van der Waals surface area contributed by atoms with E-state index < -0.39 is 0 Å². The van der Waals surface area contributed by atoms with E-state index in [0.717, 1.165) is 22.8 Å². The minimum absolute atomic E-state index is 0.0129. The first-order chi connectivity index (χ1) is 17.5. The number of ether oxygens (including phenoxy) is 3. The van der Waals surface area contributed by atoms with Crippen LogP contribution in [0.2, 0.25) is 5.02 Å². The molecule has 1 saturated heterocycles. The van der Waals surface area contributed by atoms with Crippen LogP contribution in [0.5, 0.6) is 11.5 Å². The number of amides is 1. The Balaban J connectivity index is 1.29. The zero-order valence-corrected chi connectivity index (χ0v) is 21.6. The first-order valence-corrected chi connectivity index (χ1v) is 12.9. The molecule has 3 aromatic carbocycles. The Hall–Kier alpha value is -3.02. The summed E-state index contributed by atoms with van der Waals surface area (Å²) in [5.41, 5.74) is 2.35. The second-order valence-electron chi connectivity index (χ2n) is 9.52. The van der Waals surface area contributed by atoms with Crippen molar-refractivity contribution in [3.8, 4) is 11.5 Å². The Bertz CT molecular complexity index is 1100. The summed E-state index contributed by atoms with van der Waals surface area (Å²) >= 11 is 6.07. The maximum absolute atomic E-state index is 12.2. The first-order valence-electron chi connectivity index (χ1n) is 12.5. The summed E-state index contributed by atoms with van der Waals surface area (Å²) in [5.74, 6) is 2.43. The van der Waals surface area contributed by atoms with Crippen molar-refractivity contribution in [1.29, 1.82) is 0 Å². The third-order valence-electron chi connectivity index (χ3n) is 6.61. The topological polar surface area (TPSA) is 56.8 Å². The molecule has 1 aliphatic rings. The molecule has 0 aliphatic carbocycles. The maximum Gasteiger partial charge on any atom is 0.258 e. The molecular weight excluding hydrogens is 474 g/mol. The van der Waals surface area contributed by atoms with Crippen molar-refractivity contribution in [2.24, 2.45) is 11.8 Å². The van der Waals surface area contributed by atoms with Gasteiger partial charge in [-0.2, -0.15) is 0 Å². The third kappa shape index (κ3) is 7.25. The maximum atomic E-state index is 12.2. The number of rotatable bonds is 10. The summed E-state index contributed by atoms with van der Waals surface area (Å²) in [4.78, 5) is 12.2. The molecule has 3 atom stereocenters. The number of hydrogen-bond acceptors (Lipinski definition) is 4. The molecule has 1 aliphatic heterocycles. The number of benzene rings is 3. The lowest BCUT2D eigenvalue weighted by Gasteiger charge is -2.39. The van der Waals surface area contributed by atoms with Crippen LogP contribution >= 0.6 is 11.6 Å². The van der Waals surface area contributed by atoms with Crippen molar-refractivity contribution in [3.05, 3.63) is 95.0 Å². The van der Waals surface area contributed by atoms with E-state index in [0.29, 0.717) is 43.3 Å². The molecule has 190 valence electrons. The van der Waals surface area contributed by atoms with E-state index in [4.69, 9.17) is 25.8 Å². The Kier molecular flexibility index (Phi) is 9.26. The van der Waals surface area contributed by atoms with Gasteiger partial charge in [0.1, 0.15) is 18.1 Å². The molecule has 36 heavy (non-hydrogen) atoms. The van der Waals surface area contributed by atoms with Gasteiger partial charge in [0.15, 0.2) is 6.61 Å². The quantitative estimate of drug-likeness (QED) is 0.321. The lowest BCUT2D eigenvalue weighted by Crippen LogP contribution is -2.32. The van der Waals surface area contributed by atoms with Gasteiger partial charge in [-0.25, -0.2) is 0 Å². The fraction of sp³-hybridized carbons (Fsp3) is 0.367. The number of nitrogens with one attached hydrogen (secondary N) is 1. The molecule has 5 nitrogen and oxygen atoms in total. The van der Waals surface area contributed by atoms with Crippen molar-refractivity contribution in [2.75, 3.05) is 26.4 Å². The molecule has 3 aromatic rings. The summed E-state index contributed by atoms with van der Waals surface area (Å²) in [6.07, 6.45) is 1.03. The molecule has 0 bridgehead atoms. The molecule has 1 fully saturated rings. The van der Waals surface area contributed by atoms with Gasteiger partial charge < -0.3 is 19.5 Å². The highest BCUT2D eigenvalue weighted by molar-refractivity contribution is 6.30.